The van der Waals surface area contributed by atoms with Gasteiger partial charge >= 0.3 is 0 Å². The molecule has 3 heteroatoms. The van der Waals surface area contributed by atoms with Gasteiger partial charge in [-0.05, 0) is 32.8 Å². The van der Waals surface area contributed by atoms with Crippen LogP contribution >= 0.6 is 11.6 Å². The molecule has 0 amide bonds. The molecule has 0 aromatic carbocycles. The molecule has 2 atom stereocenters. The van der Waals surface area contributed by atoms with Crippen molar-refractivity contribution in [3.05, 3.63) is 23.3 Å². The van der Waals surface area contributed by atoms with Crippen molar-refractivity contribution in [2.24, 2.45) is 0 Å². The van der Waals surface area contributed by atoms with Crippen molar-refractivity contribution in [2.45, 2.75) is 51.8 Å². The van der Waals surface area contributed by atoms with E-state index in [4.69, 9.17) is 11.6 Å². The Bertz CT molecular complexity index is 323. The minimum Gasteiger partial charge on any atom is -0.238 e. The molecule has 0 N–H and O–H groups in total. The van der Waals surface area contributed by atoms with E-state index >= 15 is 0 Å². The lowest BCUT2D eigenvalue weighted by Crippen LogP contribution is -2.12. The van der Waals surface area contributed by atoms with Crippen molar-refractivity contribution in [3.63, 3.8) is 0 Å². The lowest BCUT2D eigenvalue weighted by Gasteiger charge is -2.17. The molecule has 84 valence electrons. The highest BCUT2D eigenvalue weighted by Crippen LogP contribution is 2.25. The summed E-state index contributed by atoms with van der Waals surface area (Å²) < 4.78 is 0. The summed E-state index contributed by atoms with van der Waals surface area (Å²) in [4.78, 5) is 8.85. The van der Waals surface area contributed by atoms with Crippen LogP contribution in [0.4, 0.5) is 0 Å². The Morgan fingerprint density at radius 3 is 2.47 bits per heavy atom. The van der Waals surface area contributed by atoms with Crippen molar-refractivity contribution in [2.75, 3.05) is 0 Å². The average Bonchev–Trinajstić information content (AvgIpc) is 2.17. The first-order chi connectivity index (χ1) is 7.08. The second-order valence-electron chi connectivity index (χ2n) is 3.88. The zero-order valence-electron chi connectivity index (χ0n) is 9.92. The van der Waals surface area contributed by atoms with Crippen molar-refractivity contribution in [1.29, 1.82) is 0 Å². The smallest absolute Gasteiger partial charge is 0.125 e. The molecular weight excluding hydrogens is 208 g/mol. The molecule has 2 unspecified atom stereocenters. The van der Waals surface area contributed by atoms with Crippen LogP contribution in [0, 0.1) is 6.92 Å². The first kappa shape index (κ1) is 12.4. The fourth-order valence-corrected chi connectivity index (χ4v) is 2.10. The van der Waals surface area contributed by atoms with Gasteiger partial charge in [-0.25, -0.2) is 9.97 Å². The number of rotatable bonds is 4. The van der Waals surface area contributed by atoms with E-state index in [2.05, 4.69) is 29.9 Å². The molecule has 1 aromatic rings. The maximum absolute atomic E-state index is 6.17. The molecule has 0 aliphatic carbocycles. The molecule has 1 heterocycles. The Labute approximate surface area is 97.1 Å². The van der Waals surface area contributed by atoms with Crippen molar-refractivity contribution in [1.82, 2.24) is 9.97 Å². The van der Waals surface area contributed by atoms with E-state index in [-0.39, 0.29) is 5.38 Å². The van der Waals surface area contributed by atoms with Gasteiger partial charge < -0.3 is 0 Å². The van der Waals surface area contributed by atoms with Gasteiger partial charge in [-0.15, -0.1) is 11.6 Å². The molecule has 15 heavy (non-hydrogen) atoms. The Hall–Kier alpha value is -0.630. The minimum atomic E-state index is 0.119. The van der Waals surface area contributed by atoms with Gasteiger partial charge in [-0.1, -0.05) is 13.8 Å². The first-order valence-electron chi connectivity index (χ1n) is 5.57. The van der Waals surface area contributed by atoms with E-state index in [1.54, 1.807) is 0 Å². The van der Waals surface area contributed by atoms with Crippen molar-refractivity contribution < 1.29 is 0 Å². The number of halogens is 1. The Morgan fingerprint density at radius 1 is 1.33 bits per heavy atom. The van der Waals surface area contributed by atoms with E-state index in [9.17, 15) is 0 Å². The van der Waals surface area contributed by atoms with E-state index in [0.29, 0.717) is 5.92 Å². The van der Waals surface area contributed by atoms with Gasteiger partial charge in [0.1, 0.15) is 5.82 Å². The van der Waals surface area contributed by atoms with Crippen LogP contribution in [-0.4, -0.2) is 15.3 Å². The fourth-order valence-electron chi connectivity index (χ4n) is 1.80. The predicted octanol–water partition coefficient (Wildman–Crippen LogP) is 3.47. The summed E-state index contributed by atoms with van der Waals surface area (Å²) in [5, 5.41) is 0.119. The number of hydrogen-bond acceptors (Lipinski definition) is 2. The molecule has 1 rings (SSSR count). The summed E-state index contributed by atoms with van der Waals surface area (Å²) in [6.45, 7) is 8.22. The zero-order valence-corrected chi connectivity index (χ0v) is 10.7. The number of nitrogens with zero attached hydrogens (tertiary/aromatic N) is 2. The standard InChI is InChI=1S/C12H19ClN2/c1-5-10-7-12(15-9(4)14-10)11(6-2)8(3)13/h7-8,11H,5-6H2,1-4H3. The van der Waals surface area contributed by atoms with Crippen LogP contribution in [0.1, 0.15) is 50.3 Å². The minimum absolute atomic E-state index is 0.119. The van der Waals surface area contributed by atoms with Crippen molar-refractivity contribution >= 4 is 11.6 Å². The van der Waals surface area contributed by atoms with Crippen LogP contribution < -0.4 is 0 Å². The van der Waals surface area contributed by atoms with Crippen LogP contribution in [0.5, 0.6) is 0 Å². The molecule has 0 aliphatic heterocycles. The van der Waals surface area contributed by atoms with Gasteiger partial charge in [0.15, 0.2) is 0 Å². The summed E-state index contributed by atoms with van der Waals surface area (Å²) >= 11 is 6.17. The van der Waals surface area contributed by atoms with Gasteiger partial charge in [0.2, 0.25) is 0 Å². The van der Waals surface area contributed by atoms with E-state index in [1.807, 2.05) is 13.8 Å². The summed E-state index contributed by atoms with van der Waals surface area (Å²) in [5.41, 5.74) is 2.19. The maximum atomic E-state index is 6.17. The van der Waals surface area contributed by atoms with Gasteiger partial charge in [0.05, 0.1) is 0 Å². The van der Waals surface area contributed by atoms with Gasteiger partial charge in [-0.2, -0.15) is 0 Å². The molecule has 0 radical (unpaired) electrons. The number of hydrogen-bond donors (Lipinski definition) is 0. The SMILES string of the molecule is CCc1cc(C(CC)C(C)Cl)nc(C)n1. The summed E-state index contributed by atoms with van der Waals surface area (Å²) in [5.74, 6) is 1.18. The largest absolute Gasteiger partial charge is 0.238 e. The molecule has 0 fully saturated rings. The normalized spacial score (nSPS) is 15.0. The second-order valence-corrected chi connectivity index (χ2v) is 4.57. The summed E-state index contributed by atoms with van der Waals surface area (Å²) in [6, 6.07) is 2.08. The van der Waals surface area contributed by atoms with Crippen LogP contribution in [-0.2, 0) is 6.42 Å². The predicted molar refractivity (Wildman–Crippen MR) is 64.5 cm³/mol. The van der Waals surface area contributed by atoms with Gasteiger partial charge in [0.25, 0.3) is 0 Å². The molecule has 1 aromatic heterocycles. The molecule has 0 saturated heterocycles. The number of aryl methyl sites for hydroxylation is 2. The molecule has 0 bridgehead atoms. The molecule has 2 nitrogen and oxygen atoms in total. The maximum Gasteiger partial charge on any atom is 0.125 e. The molecule has 0 spiro atoms. The summed E-state index contributed by atoms with van der Waals surface area (Å²) in [6.07, 6.45) is 1.97. The highest BCUT2D eigenvalue weighted by molar-refractivity contribution is 6.20. The van der Waals surface area contributed by atoms with Gasteiger partial charge in [0, 0.05) is 22.7 Å². The topological polar surface area (TPSA) is 25.8 Å². The lowest BCUT2D eigenvalue weighted by molar-refractivity contribution is 0.623. The van der Waals surface area contributed by atoms with Crippen LogP contribution in [0.3, 0.4) is 0 Å². The van der Waals surface area contributed by atoms with E-state index < -0.39 is 0 Å². The monoisotopic (exact) mass is 226 g/mol. The Kier molecular flexibility index (Phi) is 4.52. The first-order valence-corrected chi connectivity index (χ1v) is 6.00. The highest BCUT2D eigenvalue weighted by atomic mass is 35.5. The Morgan fingerprint density at radius 2 is 2.00 bits per heavy atom. The highest BCUT2D eigenvalue weighted by Gasteiger charge is 2.17. The third kappa shape index (κ3) is 3.16. The quantitative estimate of drug-likeness (QED) is 0.735. The molecule has 0 saturated carbocycles. The van der Waals surface area contributed by atoms with Gasteiger partial charge in [-0.3, -0.25) is 0 Å². The molecule has 0 aliphatic rings. The summed E-state index contributed by atoms with van der Waals surface area (Å²) in [7, 11) is 0. The van der Waals surface area contributed by atoms with Crippen LogP contribution in [0.15, 0.2) is 6.07 Å². The Balaban J connectivity index is 3.06. The fraction of sp³-hybridized carbons (Fsp3) is 0.667. The number of alkyl halides is 1. The third-order valence-corrected chi connectivity index (χ3v) is 2.95. The molecular formula is C12H19ClN2. The third-order valence-electron chi connectivity index (χ3n) is 2.65. The number of aromatic nitrogens is 2. The second kappa shape index (κ2) is 5.45. The van der Waals surface area contributed by atoms with E-state index in [0.717, 1.165) is 30.1 Å². The van der Waals surface area contributed by atoms with E-state index in [1.165, 1.54) is 0 Å². The lowest BCUT2D eigenvalue weighted by atomic mass is 9.98. The van der Waals surface area contributed by atoms with Crippen LogP contribution in [0.2, 0.25) is 0 Å². The average molecular weight is 227 g/mol. The van der Waals surface area contributed by atoms with Crippen LogP contribution in [0.25, 0.3) is 0 Å². The zero-order chi connectivity index (χ0) is 11.4. The van der Waals surface area contributed by atoms with Crippen molar-refractivity contribution in [3.8, 4) is 0 Å².